The molecule has 2 nitrogen and oxygen atoms in total. The van der Waals surface area contributed by atoms with Crippen LogP contribution in [0.4, 0.5) is 0 Å². The smallest absolute Gasteiger partial charge is 0.150 e. The third-order valence-corrected chi connectivity index (χ3v) is 3.34. The van der Waals surface area contributed by atoms with Crippen LogP contribution in [0.25, 0.3) is 11.1 Å². The molecule has 2 aromatic rings. The van der Waals surface area contributed by atoms with Crippen molar-refractivity contribution in [2.45, 2.75) is 12.5 Å². The average molecular weight is 238 g/mol. The van der Waals surface area contributed by atoms with E-state index in [1.54, 1.807) is 0 Å². The summed E-state index contributed by atoms with van der Waals surface area (Å²) in [7, 11) is 0. The Morgan fingerprint density at radius 3 is 2.44 bits per heavy atom. The molecule has 0 saturated carbocycles. The maximum atomic E-state index is 10.8. The van der Waals surface area contributed by atoms with E-state index in [0.29, 0.717) is 5.56 Å². The molecule has 0 amide bonds. The second kappa shape index (κ2) is 4.75. The lowest BCUT2D eigenvalue weighted by molar-refractivity contribution is -0.0527. The monoisotopic (exact) mass is 238 g/mol. The van der Waals surface area contributed by atoms with Crippen LogP contribution in [0.5, 0.6) is 0 Å². The Bertz CT molecular complexity index is 554. The molecule has 2 heteroatoms. The zero-order valence-corrected chi connectivity index (χ0v) is 10.0. The van der Waals surface area contributed by atoms with Gasteiger partial charge in [-0.05, 0) is 22.8 Å². The molecule has 1 atom stereocenters. The summed E-state index contributed by atoms with van der Waals surface area (Å²) >= 11 is 0. The summed E-state index contributed by atoms with van der Waals surface area (Å²) in [5, 5.41) is 0. The van der Waals surface area contributed by atoms with E-state index < -0.39 is 0 Å². The Hall–Kier alpha value is -1.93. The van der Waals surface area contributed by atoms with E-state index in [1.807, 2.05) is 24.3 Å². The Balaban J connectivity index is 1.88. The first kappa shape index (κ1) is 11.2. The van der Waals surface area contributed by atoms with E-state index in [2.05, 4.69) is 24.3 Å². The zero-order chi connectivity index (χ0) is 12.4. The molecule has 3 rings (SSSR count). The molecule has 0 radical (unpaired) electrons. The molecule has 90 valence electrons. The minimum Gasteiger partial charge on any atom is -0.373 e. The summed E-state index contributed by atoms with van der Waals surface area (Å²) in [6.07, 6.45) is 2.26. The van der Waals surface area contributed by atoms with Gasteiger partial charge in [0.1, 0.15) is 6.29 Å². The van der Waals surface area contributed by atoms with E-state index in [4.69, 9.17) is 4.74 Å². The number of rotatable bonds is 3. The van der Waals surface area contributed by atoms with Gasteiger partial charge < -0.3 is 4.74 Å². The first-order valence-corrected chi connectivity index (χ1v) is 6.14. The number of hydrogen-bond donors (Lipinski definition) is 0. The molecule has 1 aliphatic heterocycles. The lowest BCUT2D eigenvalue weighted by atomic mass is 9.98. The number of ether oxygens (including phenoxy) is 1. The van der Waals surface area contributed by atoms with Crippen LogP contribution in [0.3, 0.4) is 0 Å². The van der Waals surface area contributed by atoms with E-state index in [0.717, 1.165) is 30.4 Å². The fraction of sp³-hybridized carbons (Fsp3) is 0.188. The van der Waals surface area contributed by atoms with Crippen molar-refractivity contribution < 1.29 is 9.53 Å². The maximum Gasteiger partial charge on any atom is 0.150 e. The predicted molar refractivity (Wildman–Crippen MR) is 70.6 cm³/mol. The van der Waals surface area contributed by atoms with Gasteiger partial charge in [0.2, 0.25) is 0 Å². The highest BCUT2D eigenvalue weighted by molar-refractivity contribution is 5.78. The van der Waals surface area contributed by atoms with Crippen LogP contribution < -0.4 is 0 Å². The van der Waals surface area contributed by atoms with Crippen molar-refractivity contribution in [2.24, 2.45) is 0 Å². The fourth-order valence-corrected chi connectivity index (χ4v) is 2.18. The quantitative estimate of drug-likeness (QED) is 0.763. The third kappa shape index (κ3) is 2.07. The molecule has 0 spiro atoms. The average Bonchev–Trinajstić information content (AvgIpc) is 2.38. The van der Waals surface area contributed by atoms with Gasteiger partial charge in [0.25, 0.3) is 0 Å². The van der Waals surface area contributed by atoms with Crippen LogP contribution in [0.1, 0.15) is 28.4 Å². The van der Waals surface area contributed by atoms with Crippen LogP contribution in [-0.2, 0) is 4.74 Å². The van der Waals surface area contributed by atoms with Crippen LogP contribution in [0.15, 0.2) is 48.5 Å². The minimum absolute atomic E-state index is 0.278. The van der Waals surface area contributed by atoms with Crippen molar-refractivity contribution in [3.63, 3.8) is 0 Å². The Kier molecular flexibility index (Phi) is 2.95. The van der Waals surface area contributed by atoms with Gasteiger partial charge in [-0.3, -0.25) is 4.79 Å². The molecule has 1 aliphatic rings. The molecule has 0 aliphatic carbocycles. The van der Waals surface area contributed by atoms with Crippen molar-refractivity contribution in [2.75, 3.05) is 6.61 Å². The van der Waals surface area contributed by atoms with E-state index in [9.17, 15) is 4.79 Å². The van der Waals surface area contributed by atoms with Crippen LogP contribution in [0, 0.1) is 0 Å². The van der Waals surface area contributed by atoms with Gasteiger partial charge in [-0.25, -0.2) is 0 Å². The fourth-order valence-electron chi connectivity index (χ4n) is 2.18. The summed E-state index contributed by atoms with van der Waals surface area (Å²) in [5.74, 6) is 0. The van der Waals surface area contributed by atoms with Crippen molar-refractivity contribution in [1.29, 1.82) is 0 Å². The Labute approximate surface area is 106 Å². The number of benzene rings is 2. The van der Waals surface area contributed by atoms with Crippen molar-refractivity contribution in [1.82, 2.24) is 0 Å². The van der Waals surface area contributed by atoms with Crippen LogP contribution in [-0.4, -0.2) is 12.9 Å². The molecule has 18 heavy (non-hydrogen) atoms. The number of hydrogen-bond acceptors (Lipinski definition) is 2. The lowest BCUT2D eigenvalue weighted by Crippen LogP contribution is -2.17. The Morgan fingerprint density at radius 1 is 1.06 bits per heavy atom. The van der Waals surface area contributed by atoms with Gasteiger partial charge in [0, 0.05) is 12.0 Å². The summed E-state index contributed by atoms with van der Waals surface area (Å²) in [6.45, 7) is 0.869. The molecule has 0 aromatic heterocycles. The molecule has 2 aromatic carbocycles. The van der Waals surface area contributed by atoms with E-state index in [1.165, 1.54) is 5.56 Å². The van der Waals surface area contributed by atoms with Gasteiger partial charge in [-0.15, -0.1) is 0 Å². The number of aldehydes is 1. The first-order chi connectivity index (χ1) is 8.86. The highest BCUT2D eigenvalue weighted by Crippen LogP contribution is 2.30. The Morgan fingerprint density at radius 2 is 1.83 bits per heavy atom. The van der Waals surface area contributed by atoms with Gasteiger partial charge in [0.15, 0.2) is 0 Å². The molecule has 1 fully saturated rings. The van der Waals surface area contributed by atoms with Gasteiger partial charge >= 0.3 is 0 Å². The normalized spacial score (nSPS) is 18.1. The van der Waals surface area contributed by atoms with Crippen LogP contribution >= 0.6 is 0 Å². The highest BCUT2D eigenvalue weighted by Gasteiger charge is 2.19. The molecule has 1 heterocycles. The van der Waals surface area contributed by atoms with E-state index in [-0.39, 0.29) is 6.10 Å². The second-order valence-corrected chi connectivity index (χ2v) is 4.51. The van der Waals surface area contributed by atoms with Gasteiger partial charge in [-0.2, -0.15) is 0 Å². The van der Waals surface area contributed by atoms with E-state index >= 15 is 0 Å². The summed E-state index contributed by atoms with van der Waals surface area (Å²) < 4.78 is 5.45. The molecular weight excluding hydrogens is 224 g/mol. The minimum atomic E-state index is 0.278. The van der Waals surface area contributed by atoms with Crippen LogP contribution in [0.2, 0.25) is 0 Å². The van der Waals surface area contributed by atoms with Crippen molar-refractivity contribution >= 4 is 6.29 Å². The van der Waals surface area contributed by atoms with Gasteiger partial charge in [-0.1, -0.05) is 42.5 Å². The topological polar surface area (TPSA) is 26.3 Å². The highest BCUT2D eigenvalue weighted by atomic mass is 16.5. The summed E-state index contributed by atoms with van der Waals surface area (Å²) in [6, 6.07) is 16.0. The molecule has 1 unspecified atom stereocenters. The largest absolute Gasteiger partial charge is 0.373 e. The SMILES string of the molecule is O=Cc1cccc(-c2ccc(C3CCO3)cc2)c1. The first-order valence-electron chi connectivity index (χ1n) is 6.14. The molecular formula is C16H14O2. The van der Waals surface area contributed by atoms with Crippen molar-refractivity contribution in [3.05, 3.63) is 59.7 Å². The number of carbonyl (C=O) groups is 1. The second-order valence-electron chi connectivity index (χ2n) is 4.51. The number of carbonyl (C=O) groups excluding carboxylic acids is 1. The van der Waals surface area contributed by atoms with Crippen molar-refractivity contribution in [3.8, 4) is 11.1 Å². The zero-order valence-electron chi connectivity index (χ0n) is 10.0. The molecule has 0 N–H and O–H groups in total. The van der Waals surface area contributed by atoms with Gasteiger partial charge in [0.05, 0.1) is 12.7 Å². The predicted octanol–water partition coefficient (Wildman–Crippen LogP) is 3.63. The third-order valence-electron chi connectivity index (χ3n) is 3.34. The molecule has 1 saturated heterocycles. The summed E-state index contributed by atoms with van der Waals surface area (Å²) in [4.78, 5) is 10.8. The molecule has 0 bridgehead atoms. The maximum absolute atomic E-state index is 10.8. The summed E-state index contributed by atoms with van der Waals surface area (Å²) in [5.41, 5.74) is 4.14. The standard InChI is InChI=1S/C16H14O2/c17-11-12-2-1-3-15(10-12)13-4-6-14(7-5-13)16-8-9-18-16/h1-7,10-11,16H,8-9H2. The lowest BCUT2D eigenvalue weighted by Gasteiger charge is -2.26.